The average molecular weight is 200 g/mol. The van der Waals surface area contributed by atoms with Crippen LogP contribution < -0.4 is 10.6 Å². The van der Waals surface area contributed by atoms with Crippen molar-refractivity contribution in [2.75, 3.05) is 19.6 Å². The number of thioether (sulfide) groups is 1. The molecule has 0 spiro atoms. The van der Waals surface area contributed by atoms with Crippen molar-refractivity contribution in [2.24, 2.45) is 5.92 Å². The molecule has 2 rings (SSSR count). The highest BCUT2D eigenvalue weighted by Crippen LogP contribution is 2.39. The van der Waals surface area contributed by atoms with E-state index in [1.54, 1.807) is 0 Å². The van der Waals surface area contributed by atoms with Gasteiger partial charge >= 0.3 is 0 Å². The van der Waals surface area contributed by atoms with Gasteiger partial charge in [-0.05, 0) is 38.8 Å². The summed E-state index contributed by atoms with van der Waals surface area (Å²) in [5.74, 6) is 0.820. The Morgan fingerprint density at radius 3 is 2.77 bits per heavy atom. The van der Waals surface area contributed by atoms with Crippen molar-refractivity contribution in [3.8, 4) is 0 Å². The molecule has 0 aromatic carbocycles. The fraction of sp³-hybridized carbons (Fsp3) is 1.00. The van der Waals surface area contributed by atoms with Crippen LogP contribution in [0.5, 0.6) is 0 Å². The van der Waals surface area contributed by atoms with Crippen molar-refractivity contribution in [1.82, 2.24) is 10.6 Å². The monoisotopic (exact) mass is 200 g/mol. The van der Waals surface area contributed by atoms with E-state index in [0.717, 1.165) is 11.2 Å². The third-order valence-corrected chi connectivity index (χ3v) is 4.92. The van der Waals surface area contributed by atoms with Gasteiger partial charge in [-0.1, -0.05) is 6.92 Å². The predicted molar refractivity (Wildman–Crippen MR) is 59.1 cm³/mol. The first-order valence-corrected chi connectivity index (χ1v) is 6.22. The highest BCUT2D eigenvalue weighted by Gasteiger charge is 2.39. The SMILES string of the molecule is CC1CCNC(C)(C2CCNC2)S1. The standard InChI is InChI=1S/C10H20N2S/c1-8-3-6-12-10(2,13-8)9-4-5-11-7-9/h8-9,11-12H,3-7H2,1-2H3. The zero-order valence-corrected chi connectivity index (χ0v) is 9.41. The Bertz CT molecular complexity index is 180. The number of hydrogen-bond donors (Lipinski definition) is 2. The highest BCUT2D eigenvalue weighted by atomic mass is 32.2. The van der Waals surface area contributed by atoms with E-state index in [4.69, 9.17) is 0 Å². The third-order valence-electron chi connectivity index (χ3n) is 3.31. The Morgan fingerprint density at radius 1 is 1.31 bits per heavy atom. The van der Waals surface area contributed by atoms with E-state index in [1.807, 2.05) is 0 Å². The largest absolute Gasteiger partial charge is 0.316 e. The van der Waals surface area contributed by atoms with Gasteiger partial charge in [0, 0.05) is 11.8 Å². The molecular formula is C10H20N2S. The predicted octanol–water partition coefficient (Wildman–Crippen LogP) is 1.43. The first kappa shape index (κ1) is 9.81. The van der Waals surface area contributed by atoms with E-state index < -0.39 is 0 Å². The second-order valence-electron chi connectivity index (χ2n) is 4.44. The van der Waals surface area contributed by atoms with Crippen molar-refractivity contribution < 1.29 is 0 Å². The van der Waals surface area contributed by atoms with E-state index in [0.29, 0.717) is 4.87 Å². The molecule has 2 nitrogen and oxygen atoms in total. The molecule has 76 valence electrons. The molecular weight excluding hydrogens is 180 g/mol. The van der Waals surface area contributed by atoms with Gasteiger partial charge in [-0.25, -0.2) is 0 Å². The summed E-state index contributed by atoms with van der Waals surface area (Å²) in [7, 11) is 0. The van der Waals surface area contributed by atoms with Crippen molar-refractivity contribution in [1.29, 1.82) is 0 Å². The Hall–Kier alpha value is 0.270. The van der Waals surface area contributed by atoms with Gasteiger partial charge in [0.2, 0.25) is 0 Å². The Labute approximate surface area is 85.2 Å². The van der Waals surface area contributed by atoms with Crippen LogP contribution in [0.1, 0.15) is 26.7 Å². The molecule has 0 aromatic rings. The lowest BCUT2D eigenvalue weighted by molar-refractivity contribution is 0.345. The molecule has 2 heterocycles. The maximum Gasteiger partial charge on any atom is 0.0660 e. The lowest BCUT2D eigenvalue weighted by Gasteiger charge is -2.41. The minimum absolute atomic E-state index is 0.334. The Balaban J connectivity index is 2.00. The fourth-order valence-corrected chi connectivity index (χ4v) is 4.06. The molecule has 3 unspecified atom stereocenters. The molecule has 0 amide bonds. The van der Waals surface area contributed by atoms with Gasteiger partial charge in [0.25, 0.3) is 0 Å². The smallest absolute Gasteiger partial charge is 0.0660 e. The lowest BCUT2D eigenvalue weighted by Crippen LogP contribution is -2.51. The molecule has 3 heteroatoms. The fourth-order valence-electron chi connectivity index (χ4n) is 2.41. The average Bonchev–Trinajstić information content (AvgIpc) is 2.55. The van der Waals surface area contributed by atoms with Crippen LogP contribution >= 0.6 is 11.8 Å². The van der Waals surface area contributed by atoms with Crippen LogP contribution in [0.25, 0.3) is 0 Å². The number of nitrogens with one attached hydrogen (secondary N) is 2. The van der Waals surface area contributed by atoms with Crippen LogP contribution in [0, 0.1) is 5.92 Å². The van der Waals surface area contributed by atoms with Crippen molar-refractivity contribution in [3.63, 3.8) is 0 Å². The van der Waals surface area contributed by atoms with Crippen LogP contribution in [0.3, 0.4) is 0 Å². The summed E-state index contributed by atoms with van der Waals surface area (Å²) in [5.41, 5.74) is 0. The molecule has 2 aliphatic heterocycles. The van der Waals surface area contributed by atoms with Gasteiger partial charge in [0.05, 0.1) is 4.87 Å². The normalized spacial score (nSPS) is 46.6. The van der Waals surface area contributed by atoms with Gasteiger partial charge in [0.1, 0.15) is 0 Å². The van der Waals surface area contributed by atoms with E-state index in [9.17, 15) is 0 Å². The van der Waals surface area contributed by atoms with E-state index in [-0.39, 0.29) is 0 Å². The van der Waals surface area contributed by atoms with E-state index >= 15 is 0 Å². The van der Waals surface area contributed by atoms with Crippen molar-refractivity contribution in [2.45, 2.75) is 36.8 Å². The summed E-state index contributed by atoms with van der Waals surface area (Å²) in [6, 6.07) is 0. The second kappa shape index (κ2) is 3.79. The number of hydrogen-bond acceptors (Lipinski definition) is 3. The summed E-state index contributed by atoms with van der Waals surface area (Å²) in [6.45, 7) is 8.33. The van der Waals surface area contributed by atoms with E-state index in [1.165, 1.54) is 32.5 Å². The number of rotatable bonds is 1. The second-order valence-corrected chi connectivity index (χ2v) is 6.33. The molecule has 0 bridgehead atoms. The summed E-state index contributed by atoms with van der Waals surface area (Å²) in [4.78, 5) is 0.334. The van der Waals surface area contributed by atoms with Crippen molar-refractivity contribution >= 4 is 11.8 Å². The van der Waals surface area contributed by atoms with Gasteiger partial charge in [0.15, 0.2) is 0 Å². The summed E-state index contributed by atoms with van der Waals surface area (Å²) >= 11 is 2.13. The van der Waals surface area contributed by atoms with Gasteiger partial charge in [-0.3, -0.25) is 0 Å². The maximum absolute atomic E-state index is 3.69. The lowest BCUT2D eigenvalue weighted by atomic mass is 9.99. The Kier molecular flexibility index (Phi) is 2.86. The van der Waals surface area contributed by atoms with E-state index in [2.05, 4.69) is 36.2 Å². The highest BCUT2D eigenvalue weighted by molar-refractivity contribution is 8.01. The van der Waals surface area contributed by atoms with Crippen LogP contribution in [0.15, 0.2) is 0 Å². The van der Waals surface area contributed by atoms with Gasteiger partial charge in [-0.2, -0.15) is 0 Å². The first-order chi connectivity index (χ1) is 6.21. The zero-order valence-electron chi connectivity index (χ0n) is 8.60. The molecule has 3 atom stereocenters. The zero-order chi connectivity index (χ0) is 9.31. The molecule has 0 saturated carbocycles. The molecule has 2 fully saturated rings. The molecule has 2 saturated heterocycles. The molecule has 0 radical (unpaired) electrons. The summed E-state index contributed by atoms with van der Waals surface area (Å²) < 4.78 is 0. The van der Waals surface area contributed by atoms with Crippen LogP contribution in [-0.2, 0) is 0 Å². The molecule has 0 aromatic heterocycles. The topological polar surface area (TPSA) is 24.1 Å². The van der Waals surface area contributed by atoms with Gasteiger partial charge in [-0.15, -0.1) is 11.8 Å². The van der Waals surface area contributed by atoms with Crippen LogP contribution in [0.2, 0.25) is 0 Å². The molecule has 2 aliphatic rings. The molecule has 13 heavy (non-hydrogen) atoms. The molecule has 2 N–H and O–H groups in total. The third kappa shape index (κ3) is 2.03. The molecule has 0 aliphatic carbocycles. The Morgan fingerprint density at radius 2 is 2.15 bits per heavy atom. The summed E-state index contributed by atoms with van der Waals surface area (Å²) in [5, 5.41) is 7.97. The van der Waals surface area contributed by atoms with Crippen LogP contribution in [0.4, 0.5) is 0 Å². The minimum atomic E-state index is 0.334. The maximum atomic E-state index is 3.69. The first-order valence-electron chi connectivity index (χ1n) is 5.34. The summed E-state index contributed by atoms with van der Waals surface area (Å²) in [6.07, 6.45) is 2.66. The van der Waals surface area contributed by atoms with Gasteiger partial charge < -0.3 is 10.6 Å². The quantitative estimate of drug-likeness (QED) is 0.669. The van der Waals surface area contributed by atoms with Crippen molar-refractivity contribution in [3.05, 3.63) is 0 Å². The minimum Gasteiger partial charge on any atom is -0.316 e. The van der Waals surface area contributed by atoms with Crippen LogP contribution in [-0.4, -0.2) is 29.8 Å².